The molecule has 2 aromatic heterocycles. The first kappa shape index (κ1) is 13.3. The average Bonchev–Trinajstić information content (AvgIpc) is 3.10. The third-order valence-corrected chi connectivity index (χ3v) is 2.36. The van der Waals surface area contributed by atoms with Crippen LogP contribution in [0.1, 0.15) is 11.5 Å². The van der Waals surface area contributed by atoms with Gasteiger partial charge in [0.1, 0.15) is 11.5 Å². The van der Waals surface area contributed by atoms with Crippen LogP contribution in [0.4, 0.5) is 0 Å². The summed E-state index contributed by atoms with van der Waals surface area (Å²) in [5, 5.41) is 3.26. The van der Waals surface area contributed by atoms with Crippen LogP contribution in [-0.4, -0.2) is 38.6 Å². The summed E-state index contributed by atoms with van der Waals surface area (Å²) in [5.74, 6) is 1.56. The zero-order valence-corrected chi connectivity index (χ0v) is 10.7. The topological polar surface area (TPSA) is 63.0 Å². The summed E-state index contributed by atoms with van der Waals surface area (Å²) in [6.45, 7) is 3.10. The Bertz CT molecular complexity index is 441. The van der Waals surface area contributed by atoms with E-state index in [9.17, 15) is 0 Å². The van der Waals surface area contributed by atoms with Crippen molar-refractivity contribution in [3.8, 4) is 0 Å². The van der Waals surface area contributed by atoms with Crippen LogP contribution in [-0.2, 0) is 0 Å². The zero-order chi connectivity index (χ0) is 13.2. The lowest BCUT2D eigenvalue weighted by atomic mass is 10.5. The Hall–Kier alpha value is -2.14. The molecule has 0 radical (unpaired) electrons. The van der Waals surface area contributed by atoms with Crippen molar-refractivity contribution in [2.45, 2.75) is 0 Å². The molecule has 0 atom stereocenters. The number of rotatable bonds is 8. The van der Waals surface area contributed by atoms with Crippen molar-refractivity contribution >= 4 is 12.4 Å². The van der Waals surface area contributed by atoms with E-state index in [2.05, 4.69) is 15.3 Å². The SMILES string of the molecule is C(=NCCNCCN=Cc1ccco1)c1ccco1. The largest absolute Gasteiger partial charge is 0.463 e. The van der Waals surface area contributed by atoms with E-state index in [-0.39, 0.29) is 0 Å². The maximum Gasteiger partial charge on any atom is 0.144 e. The van der Waals surface area contributed by atoms with Crippen LogP contribution in [0.2, 0.25) is 0 Å². The Morgan fingerprint density at radius 2 is 1.42 bits per heavy atom. The van der Waals surface area contributed by atoms with Crippen molar-refractivity contribution in [3.05, 3.63) is 48.3 Å². The Morgan fingerprint density at radius 3 is 1.84 bits per heavy atom. The molecule has 0 aromatic carbocycles. The van der Waals surface area contributed by atoms with Gasteiger partial charge in [0.05, 0.1) is 38.0 Å². The minimum absolute atomic E-state index is 0.725. The van der Waals surface area contributed by atoms with Gasteiger partial charge in [-0.25, -0.2) is 0 Å². The fourth-order valence-electron chi connectivity index (χ4n) is 1.45. The maximum atomic E-state index is 5.13. The van der Waals surface area contributed by atoms with E-state index in [1.807, 2.05) is 24.3 Å². The summed E-state index contributed by atoms with van der Waals surface area (Å²) in [5.41, 5.74) is 0. The van der Waals surface area contributed by atoms with Gasteiger partial charge in [-0.1, -0.05) is 0 Å². The third-order valence-electron chi connectivity index (χ3n) is 2.36. The molecule has 0 aliphatic carbocycles. The number of hydrogen-bond acceptors (Lipinski definition) is 5. The van der Waals surface area contributed by atoms with E-state index < -0.39 is 0 Å². The molecule has 0 aliphatic rings. The molecule has 0 saturated carbocycles. The van der Waals surface area contributed by atoms with Crippen LogP contribution in [0, 0.1) is 0 Å². The van der Waals surface area contributed by atoms with Crippen LogP contribution in [0.15, 0.2) is 55.6 Å². The molecule has 0 spiro atoms. The molecular weight excluding hydrogens is 242 g/mol. The lowest BCUT2D eigenvalue weighted by molar-refractivity contribution is 0.559. The molecular formula is C14H17N3O2. The van der Waals surface area contributed by atoms with Crippen molar-refractivity contribution in [2.75, 3.05) is 26.2 Å². The second-order valence-electron chi connectivity index (χ2n) is 3.85. The molecule has 0 saturated heterocycles. The van der Waals surface area contributed by atoms with E-state index in [1.54, 1.807) is 25.0 Å². The molecule has 1 N–H and O–H groups in total. The standard InChI is InChI=1S/C14H17N3O2/c1-3-13(18-9-1)11-16-7-5-15-6-8-17-12-14-4-2-10-19-14/h1-4,9-12,15H,5-8H2. The molecule has 5 nitrogen and oxygen atoms in total. The number of hydrogen-bond donors (Lipinski definition) is 1. The molecule has 100 valence electrons. The van der Waals surface area contributed by atoms with E-state index in [4.69, 9.17) is 8.83 Å². The molecule has 0 amide bonds. The molecule has 2 rings (SSSR count). The minimum Gasteiger partial charge on any atom is -0.463 e. The first-order valence-electron chi connectivity index (χ1n) is 6.22. The first-order valence-corrected chi connectivity index (χ1v) is 6.22. The Labute approximate surface area is 112 Å². The van der Waals surface area contributed by atoms with Gasteiger partial charge in [-0.2, -0.15) is 0 Å². The number of aliphatic imine (C=N–C) groups is 2. The van der Waals surface area contributed by atoms with Crippen molar-refractivity contribution in [1.29, 1.82) is 0 Å². The summed E-state index contributed by atoms with van der Waals surface area (Å²) in [6, 6.07) is 7.44. The second-order valence-corrected chi connectivity index (χ2v) is 3.85. The smallest absolute Gasteiger partial charge is 0.144 e. The quantitative estimate of drug-likeness (QED) is 0.582. The highest BCUT2D eigenvalue weighted by atomic mass is 16.3. The highest BCUT2D eigenvalue weighted by molar-refractivity contribution is 5.75. The summed E-state index contributed by atoms with van der Waals surface area (Å²) >= 11 is 0. The summed E-state index contributed by atoms with van der Waals surface area (Å²) < 4.78 is 10.3. The molecule has 5 heteroatoms. The van der Waals surface area contributed by atoms with Gasteiger partial charge in [0.15, 0.2) is 0 Å². The maximum absolute atomic E-state index is 5.13. The first-order chi connectivity index (χ1) is 9.45. The fraction of sp³-hybridized carbons (Fsp3) is 0.286. The highest BCUT2D eigenvalue weighted by Gasteiger charge is 1.89. The Balaban J connectivity index is 1.48. The highest BCUT2D eigenvalue weighted by Crippen LogP contribution is 1.95. The van der Waals surface area contributed by atoms with Gasteiger partial charge in [0.2, 0.25) is 0 Å². The predicted octanol–water partition coefficient (Wildman–Crippen LogP) is 2.00. The zero-order valence-electron chi connectivity index (χ0n) is 10.7. The van der Waals surface area contributed by atoms with Crippen LogP contribution in [0.5, 0.6) is 0 Å². The van der Waals surface area contributed by atoms with Gasteiger partial charge >= 0.3 is 0 Å². The lowest BCUT2D eigenvalue weighted by Crippen LogP contribution is -2.20. The molecule has 0 aliphatic heterocycles. The van der Waals surface area contributed by atoms with Crippen LogP contribution >= 0.6 is 0 Å². The van der Waals surface area contributed by atoms with Gasteiger partial charge in [-0.3, -0.25) is 9.98 Å². The van der Waals surface area contributed by atoms with Crippen molar-refractivity contribution in [3.63, 3.8) is 0 Å². The molecule has 0 bridgehead atoms. The molecule has 2 aromatic rings. The molecule has 0 fully saturated rings. The number of nitrogens with zero attached hydrogens (tertiary/aromatic N) is 2. The van der Waals surface area contributed by atoms with Gasteiger partial charge in [-0.15, -0.1) is 0 Å². The molecule has 0 unspecified atom stereocenters. The lowest BCUT2D eigenvalue weighted by Gasteiger charge is -1.98. The van der Waals surface area contributed by atoms with Crippen molar-refractivity contribution < 1.29 is 8.83 Å². The van der Waals surface area contributed by atoms with E-state index >= 15 is 0 Å². The fourth-order valence-corrected chi connectivity index (χ4v) is 1.45. The Morgan fingerprint density at radius 1 is 0.895 bits per heavy atom. The molecule has 19 heavy (non-hydrogen) atoms. The van der Waals surface area contributed by atoms with E-state index in [0.29, 0.717) is 0 Å². The van der Waals surface area contributed by atoms with Gasteiger partial charge in [0, 0.05) is 13.1 Å². The van der Waals surface area contributed by atoms with Crippen LogP contribution in [0.25, 0.3) is 0 Å². The van der Waals surface area contributed by atoms with Crippen molar-refractivity contribution in [1.82, 2.24) is 5.32 Å². The Kier molecular flexibility index (Phi) is 5.63. The second kappa shape index (κ2) is 8.05. The number of furan rings is 2. The van der Waals surface area contributed by atoms with Crippen LogP contribution in [0.3, 0.4) is 0 Å². The normalized spacial score (nSPS) is 11.8. The number of nitrogens with one attached hydrogen (secondary N) is 1. The van der Waals surface area contributed by atoms with E-state index in [0.717, 1.165) is 37.7 Å². The minimum atomic E-state index is 0.725. The third kappa shape index (κ3) is 5.35. The van der Waals surface area contributed by atoms with Crippen LogP contribution < -0.4 is 5.32 Å². The summed E-state index contributed by atoms with van der Waals surface area (Å²) in [6.07, 6.45) is 6.74. The van der Waals surface area contributed by atoms with Gasteiger partial charge < -0.3 is 14.2 Å². The molecule has 2 heterocycles. The summed E-state index contributed by atoms with van der Waals surface area (Å²) in [7, 11) is 0. The monoisotopic (exact) mass is 259 g/mol. The van der Waals surface area contributed by atoms with E-state index in [1.165, 1.54) is 0 Å². The van der Waals surface area contributed by atoms with Gasteiger partial charge in [-0.05, 0) is 24.3 Å². The average molecular weight is 259 g/mol. The van der Waals surface area contributed by atoms with Gasteiger partial charge in [0.25, 0.3) is 0 Å². The predicted molar refractivity (Wildman–Crippen MR) is 75.2 cm³/mol. The summed E-state index contributed by atoms with van der Waals surface area (Å²) in [4.78, 5) is 8.48. The van der Waals surface area contributed by atoms with Crippen molar-refractivity contribution in [2.24, 2.45) is 9.98 Å².